The molecule has 0 saturated heterocycles. The lowest BCUT2D eigenvalue weighted by Crippen LogP contribution is -2.45. The summed E-state index contributed by atoms with van der Waals surface area (Å²) in [6.45, 7) is 4.03. The molecule has 4 rings (SSSR count). The molecule has 1 N–H and O–H groups in total. The minimum absolute atomic E-state index is 0.156. The van der Waals surface area contributed by atoms with Gasteiger partial charge in [0.2, 0.25) is 5.91 Å². The van der Waals surface area contributed by atoms with Gasteiger partial charge in [-0.2, -0.15) is 5.10 Å². The van der Waals surface area contributed by atoms with E-state index in [1.807, 2.05) is 44.3 Å². The molecule has 1 atom stereocenters. The molecule has 0 radical (unpaired) electrons. The second-order valence-corrected chi connectivity index (χ2v) is 9.15. The van der Waals surface area contributed by atoms with Crippen molar-refractivity contribution in [3.05, 3.63) is 45.9 Å². The first kappa shape index (κ1) is 19.5. The topological polar surface area (TPSA) is 80.1 Å². The number of hydrogen-bond donors (Lipinski definition) is 1. The predicted molar refractivity (Wildman–Crippen MR) is 116 cm³/mol. The standard InChI is InChI=1S/C20H21N5O2S2/c1-11-13-9-16(29-20(13)25(4)23-11)18(26)21-12(2)19(27)24(3)10-17-22-14-7-5-6-8-15(14)28-17/h5-9,12H,10H2,1-4H3,(H,21,26)/t12-/m1/s1. The Morgan fingerprint density at radius 3 is 2.76 bits per heavy atom. The van der Waals surface area contributed by atoms with Crippen molar-refractivity contribution in [1.82, 2.24) is 25.0 Å². The third-order valence-electron chi connectivity index (χ3n) is 4.72. The number of nitrogens with zero attached hydrogens (tertiary/aromatic N) is 4. The molecule has 3 aromatic heterocycles. The maximum Gasteiger partial charge on any atom is 0.262 e. The van der Waals surface area contributed by atoms with Crippen molar-refractivity contribution in [3.8, 4) is 0 Å². The number of amides is 2. The Bertz CT molecular complexity index is 1150. The van der Waals surface area contributed by atoms with Crippen LogP contribution in [0.2, 0.25) is 0 Å². The van der Waals surface area contributed by atoms with Gasteiger partial charge in [0.25, 0.3) is 5.91 Å². The average molecular weight is 428 g/mol. The van der Waals surface area contributed by atoms with E-state index in [4.69, 9.17) is 0 Å². The number of fused-ring (bicyclic) bond motifs is 2. The molecule has 3 heterocycles. The number of aromatic nitrogens is 3. The van der Waals surface area contributed by atoms with Crippen molar-refractivity contribution >= 4 is 54.9 Å². The molecule has 0 saturated carbocycles. The van der Waals surface area contributed by atoms with Crippen LogP contribution < -0.4 is 5.32 Å². The van der Waals surface area contributed by atoms with Gasteiger partial charge >= 0.3 is 0 Å². The van der Waals surface area contributed by atoms with Gasteiger partial charge in [-0.05, 0) is 32.0 Å². The zero-order chi connectivity index (χ0) is 20.7. The van der Waals surface area contributed by atoms with Gasteiger partial charge in [0.15, 0.2) is 0 Å². The number of carbonyl (C=O) groups is 2. The van der Waals surface area contributed by atoms with Gasteiger partial charge < -0.3 is 10.2 Å². The molecular weight excluding hydrogens is 406 g/mol. The summed E-state index contributed by atoms with van der Waals surface area (Å²) in [7, 11) is 3.59. The van der Waals surface area contributed by atoms with Crippen molar-refractivity contribution in [3.63, 3.8) is 0 Å². The van der Waals surface area contributed by atoms with E-state index in [1.54, 1.807) is 34.9 Å². The first-order chi connectivity index (χ1) is 13.8. The lowest BCUT2D eigenvalue weighted by atomic mass is 10.2. The molecule has 0 aliphatic rings. The van der Waals surface area contributed by atoms with Gasteiger partial charge in [-0.25, -0.2) is 4.98 Å². The van der Waals surface area contributed by atoms with E-state index in [-0.39, 0.29) is 11.8 Å². The van der Waals surface area contributed by atoms with Crippen LogP contribution in [0, 0.1) is 6.92 Å². The van der Waals surface area contributed by atoms with E-state index in [0.717, 1.165) is 31.1 Å². The molecule has 4 aromatic rings. The minimum atomic E-state index is -0.633. The number of para-hydroxylation sites is 1. The van der Waals surface area contributed by atoms with Crippen LogP contribution in [0.15, 0.2) is 30.3 Å². The van der Waals surface area contributed by atoms with Crippen LogP contribution >= 0.6 is 22.7 Å². The normalized spacial score (nSPS) is 12.4. The average Bonchev–Trinajstić information content (AvgIpc) is 3.36. The van der Waals surface area contributed by atoms with E-state index in [1.165, 1.54) is 11.3 Å². The molecule has 0 aliphatic carbocycles. The summed E-state index contributed by atoms with van der Waals surface area (Å²) in [5.41, 5.74) is 1.82. The van der Waals surface area contributed by atoms with Crippen LogP contribution in [0.4, 0.5) is 0 Å². The third kappa shape index (κ3) is 3.75. The number of nitrogens with one attached hydrogen (secondary N) is 1. The summed E-state index contributed by atoms with van der Waals surface area (Å²) in [6, 6.07) is 9.10. The van der Waals surface area contributed by atoms with Crippen molar-refractivity contribution < 1.29 is 9.59 Å². The monoisotopic (exact) mass is 427 g/mol. The molecular formula is C20H21N5O2S2. The number of thiazole rings is 1. The van der Waals surface area contributed by atoms with Crippen molar-refractivity contribution in [2.45, 2.75) is 26.4 Å². The summed E-state index contributed by atoms with van der Waals surface area (Å²) in [6.07, 6.45) is 0. The van der Waals surface area contributed by atoms with Gasteiger partial charge in [-0.3, -0.25) is 14.3 Å². The highest BCUT2D eigenvalue weighted by atomic mass is 32.1. The summed E-state index contributed by atoms with van der Waals surface area (Å²) < 4.78 is 2.87. The Morgan fingerprint density at radius 2 is 2.03 bits per heavy atom. The Morgan fingerprint density at radius 1 is 1.28 bits per heavy atom. The Hall–Kier alpha value is -2.78. The van der Waals surface area contributed by atoms with E-state index in [2.05, 4.69) is 15.4 Å². The first-order valence-electron chi connectivity index (χ1n) is 9.17. The molecule has 0 unspecified atom stereocenters. The Balaban J connectivity index is 1.42. The molecule has 1 aromatic carbocycles. The van der Waals surface area contributed by atoms with E-state index < -0.39 is 6.04 Å². The van der Waals surface area contributed by atoms with Crippen LogP contribution in [0.1, 0.15) is 27.3 Å². The first-order valence-corrected chi connectivity index (χ1v) is 10.8. The molecule has 0 aliphatic heterocycles. The zero-order valence-corrected chi connectivity index (χ0v) is 18.2. The molecule has 0 bridgehead atoms. The SMILES string of the molecule is Cc1nn(C)c2sc(C(=O)N[C@H](C)C(=O)N(C)Cc3nc4ccccc4s3)cc12. The highest BCUT2D eigenvalue weighted by molar-refractivity contribution is 7.20. The lowest BCUT2D eigenvalue weighted by Gasteiger charge is -2.21. The van der Waals surface area contributed by atoms with Crippen molar-refractivity contribution in [2.75, 3.05) is 7.05 Å². The quantitative estimate of drug-likeness (QED) is 0.530. The molecule has 9 heteroatoms. The van der Waals surface area contributed by atoms with Crippen molar-refractivity contribution in [2.24, 2.45) is 7.05 Å². The van der Waals surface area contributed by atoms with Gasteiger partial charge in [0, 0.05) is 19.5 Å². The fourth-order valence-corrected chi connectivity index (χ4v) is 5.29. The van der Waals surface area contributed by atoms with E-state index in [0.29, 0.717) is 11.4 Å². The fourth-order valence-electron chi connectivity index (χ4n) is 3.25. The number of rotatable bonds is 5. The number of carbonyl (C=O) groups excluding carboxylic acids is 2. The molecule has 0 fully saturated rings. The van der Waals surface area contributed by atoms with Crippen LogP contribution in [0.25, 0.3) is 20.4 Å². The zero-order valence-electron chi connectivity index (χ0n) is 16.6. The summed E-state index contributed by atoms with van der Waals surface area (Å²) in [4.78, 5) is 33.1. The maximum atomic E-state index is 12.7. The molecule has 7 nitrogen and oxygen atoms in total. The minimum Gasteiger partial charge on any atom is -0.340 e. The summed E-state index contributed by atoms with van der Waals surface area (Å²) >= 11 is 2.95. The van der Waals surface area contributed by atoms with Gasteiger partial charge in [-0.1, -0.05) is 12.1 Å². The highest BCUT2D eigenvalue weighted by Crippen LogP contribution is 2.27. The molecule has 29 heavy (non-hydrogen) atoms. The van der Waals surface area contributed by atoms with Crippen LogP contribution in [0.5, 0.6) is 0 Å². The molecule has 2 amide bonds. The van der Waals surface area contributed by atoms with Gasteiger partial charge in [0.05, 0.1) is 27.3 Å². The van der Waals surface area contributed by atoms with Crippen LogP contribution in [0.3, 0.4) is 0 Å². The molecule has 0 spiro atoms. The van der Waals surface area contributed by atoms with Crippen molar-refractivity contribution in [1.29, 1.82) is 0 Å². The van der Waals surface area contributed by atoms with E-state index in [9.17, 15) is 9.59 Å². The molecule has 150 valence electrons. The van der Waals surface area contributed by atoms with Crippen LogP contribution in [-0.4, -0.2) is 44.6 Å². The Kier molecular flexibility index (Phi) is 5.10. The summed E-state index contributed by atoms with van der Waals surface area (Å²) in [5.74, 6) is -0.406. The van der Waals surface area contributed by atoms with E-state index >= 15 is 0 Å². The lowest BCUT2D eigenvalue weighted by molar-refractivity contribution is -0.132. The number of likely N-dealkylation sites (N-methyl/N-ethyl adjacent to an activating group) is 1. The smallest absolute Gasteiger partial charge is 0.262 e. The number of aryl methyl sites for hydroxylation is 2. The Labute approximate surface area is 176 Å². The third-order valence-corrected chi connectivity index (χ3v) is 6.95. The summed E-state index contributed by atoms with van der Waals surface area (Å²) in [5, 5.41) is 9.00. The van der Waals surface area contributed by atoms with Crippen LogP contribution in [-0.2, 0) is 18.4 Å². The second-order valence-electron chi connectivity index (χ2n) is 7.00. The largest absolute Gasteiger partial charge is 0.340 e. The number of benzene rings is 1. The number of thiophene rings is 1. The van der Waals surface area contributed by atoms with Gasteiger partial charge in [-0.15, -0.1) is 22.7 Å². The predicted octanol–water partition coefficient (Wildman–Crippen LogP) is 3.33. The maximum absolute atomic E-state index is 12.7. The fraction of sp³-hybridized carbons (Fsp3) is 0.300. The second kappa shape index (κ2) is 7.57. The van der Waals surface area contributed by atoms with Gasteiger partial charge in [0.1, 0.15) is 15.9 Å². The highest BCUT2D eigenvalue weighted by Gasteiger charge is 2.23. The number of hydrogen-bond acceptors (Lipinski definition) is 6.